The van der Waals surface area contributed by atoms with Crippen molar-refractivity contribution < 1.29 is 0 Å². The smallest absolute Gasteiger partial charge is 0.0714 e. The first-order valence-corrected chi connectivity index (χ1v) is 18.1. The standard InChI is InChI=1S/C50H36N2/c1-5-18-37(19-6-1)50(38-20-7-2-8-21-38)47-28-16-15-27-44(47)45-31-29-41(33-48(45)50)52(40-24-11-4-12-25-40)42-30-32-46-43-26-14-13-17-36(43)35-51(49(46)34-42)39-22-9-3-10-23-39/h1-34H,35H2. The molecule has 8 aromatic carbocycles. The second kappa shape index (κ2) is 12.3. The van der Waals surface area contributed by atoms with E-state index in [-0.39, 0.29) is 0 Å². The van der Waals surface area contributed by atoms with Gasteiger partial charge in [0.05, 0.1) is 11.1 Å². The fraction of sp³-hybridized carbons (Fsp3) is 0.0400. The molecule has 0 amide bonds. The summed E-state index contributed by atoms with van der Waals surface area (Å²) in [6, 6.07) is 75.5. The molecular formula is C50H36N2. The number of hydrogen-bond donors (Lipinski definition) is 0. The minimum absolute atomic E-state index is 0.476. The van der Waals surface area contributed by atoms with Crippen LogP contribution in [0.5, 0.6) is 0 Å². The Morgan fingerprint density at radius 1 is 0.385 bits per heavy atom. The van der Waals surface area contributed by atoms with Crippen LogP contribution in [0.2, 0.25) is 0 Å². The molecular weight excluding hydrogens is 629 g/mol. The van der Waals surface area contributed by atoms with E-state index in [0.29, 0.717) is 0 Å². The third-order valence-electron chi connectivity index (χ3n) is 10.9. The zero-order valence-electron chi connectivity index (χ0n) is 28.7. The maximum absolute atomic E-state index is 2.46. The van der Waals surface area contributed by atoms with Gasteiger partial charge in [-0.3, -0.25) is 0 Å². The lowest BCUT2D eigenvalue weighted by Gasteiger charge is -2.36. The minimum atomic E-state index is -0.476. The van der Waals surface area contributed by atoms with Gasteiger partial charge in [-0.1, -0.05) is 158 Å². The van der Waals surface area contributed by atoms with E-state index < -0.39 is 5.41 Å². The second-order valence-electron chi connectivity index (χ2n) is 13.7. The summed E-state index contributed by atoms with van der Waals surface area (Å²) in [6.45, 7) is 0.815. The van der Waals surface area contributed by atoms with E-state index in [1.807, 2.05) is 0 Å². The molecule has 0 aromatic heterocycles. The van der Waals surface area contributed by atoms with Gasteiger partial charge in [-0.05, 0) is 93.0 Å². The van der Waals surface area contributed by atoms with Crippen molar-refractivity contribution >= 4 is 28.4 Å². The molecule has 52 heavy (non-hydrogen) atoms. The molecule has 1 aliphatic heterocycles. The molecule has 2 nitrogen and oxygen atoms in total. The van der Waals surface area contributed by atoms with E-state index in [2.05, 4.69) is 216 Å². The van der Waals surface area contributed by atoms with Crippen LogP contribution in [0.4, 0.5) is 28.4 Å². The summed E-state index contributed by atoms with van der Waals surface area (Å²) in [7, 11) is 0. The first-order chi connectivity index (χ1) is 25.8. The van der Waals surface area contributed by atoms with Gasteiger partial charge in [0.15, 0.2) is 0 Å². The highest BCUT2D eigenvalue weighted by Crippen LogP contribution is 2.57. The monoisotopic (exact) mass is 664 g/mol. The Morgan fingerprint density at radius 2 is 0.904 bits per heavy atom. The molecule has 0 saturated heterocycles. The van der Waals surface area contributed by atoms with Crippen molar-refractivity contribution in [2.75, 3.05) is 9.80 Å². The summed E-state index contributed by atoms with van der Waals surface area (Å²) in [5, 5.41) is 0. The van der Waals surface area contributed by atoms with Crippen LogP contribution in [0.3, 0.4) is 0 Å². The van der Waals surface area contributed by atoms with Crippen molar-refractivity contribution in [3.05, 3.63) is 234 Å². The molecule has 0 spiro atoms. The average molecular weight is 665 g/mol. The predicted molar refractivity (Wildman–Crippen MR) is 216 cm³/mol. The van der Waals surface area contributed by atoms with Crippen molar-refractivity contribution in [1.29, 1.82) is 0 Å². The minimum Gasteiger partial charge on any atom is -0.336 e. The largest absolute Gasteiger partial charge is 0.336 e. The molecule has 0 radical (unpaired) electrons. The molecule has 2 heteroatoms. The highest BCUT2D eigenvalue weighted by molar-refractivity contribution is 5.93. The maximum atomic E-state index is 2.46. The zero-order valence-corrected chi connectivity index (χ0v) is 28.7. The summed E-state index contributed by atoms with van der Waals surface area (Å²) in [5.41, 5.74) is 16.9. The van der Waals surface area contributed by atoms with Crippen molar-refractivity contribution in [1.82, 2.24) is 0 Å². The van der Waals surface area contributed by atoms with E-state index in [1.54, 1.807) is 0 Å². The van der Waals surface area contributed by atoms with Gasteiger partial charge in [0.2, 0.25) is 0 Å². The van der Waals surface area contributed by atoms with Gasteiger partial charge in [-0.25, -0.2) is 0 Å². The molecule has 0 fully saturated rings. The van der Waals surface area contributed by atoms with Crippen molar-refractivity contribution in [2.45, 2.75) is 12.0 Å². The van der Waals surface area contributed by atoms with Gasteiger partial charge >= 0.3 is 0 Å². The molecule has 2 aliphatic rings. The van der Waals surface area contributed by atoms with E-state index in [0.717, 1.165) is 23.6 Å². The molecule has 0 unspecified atom stereocenters. The quantitative estimate of drug-likeness (QED) is 0.175. The second-order valence-corrected chi connectivity index (χ2v) is 13.7. The van der Waals surface area contributed by atoms with Crippen LogP contribution in [0.15, 0.2) is 206 Å². The molecule has 0 bridgehead atoms. The maximum Gasteiger partial charge on any atom is 0.0714 e. The first-order valence-electron chi connectivity index (χ1n) is 18.1. The molecule has 246 valence electrons. The fourth-order valence-corrected chi connectivity index (χ4v) is 8.72. The van der Waals surface area contributed by atoms with Crippen LogP contribution in [0, 0.1) is 0 Å². The first kappa shape index (κ1) is 30.2. The Balaban J connectivity index is 1.21. The van der Waals surface area contributed by atoms with Crippen LogP contribution in [-0.2, 0) is 12.0 Å². The number of anilines is 5. The lowest BCUT2D eigenvalue weighted by molar-refractivity contribution is 0.768. The van der Waals surface area contributed by atoms with Crippen LogP contribution < -0.4 is 9.80 Å². The normalized spacial score (nSPS) is 13.4. The Hall–Kier alpha value is -6.64. The number of nitrogens with zero attached hydrogens (tertiary/aromatic N) is 2. The van der Waals surface area contributed by atoms with Gasteiger partial charge in [0.1, 0.15) is 0 Å². The summed E-state index contributed by atoms with van der Waals surface area (Å²) in [6.07, 6.45) is 0. The molecule has 8 aromatic rings. The van der Waals surface area contributed by atoms with Gasteiger partial charge in [0.25, 0.3) is 0 Å². The molecule has 0 N–H and O–H groups in total. The summed E-state index contributed by atoms with van der Waals surface area (Å²) >= 11 is 0. The van der Waals surface area contributed by atoms with Crippen LogP contribution in [-0.4, -0.2) is 0 Å². The molecule has 1 heterocycles. The Kier molecular flexibility index (Phi) is 7.14. The highest BCUT2D eigenvalue weighted by Gasteiger charge is 2.46. The van der Waals surface area contributed by atoms with Gasteiger partial charge < -0.3 is 9.80 Å². The van der Waals surface area contributed by atoms with E-state index in [9.17, 15) is 0 Å². The van der Waals surface area contributed by atoms with Crippen LogP contribution in [0.1, 0.15) is 27.8 Å². The van der Waals surface area contributed by atoms with Crippen molar-refractivity contribution in [3.63, 3.8) is 0 Å². The summed E-state index contributed by atoms with van der Waals surface area (Å²) in [4.78, 5) is 4.88. The van der Waals surface area contributed by atoms with E-state index in [4.69, 9.17) is 0 Å². The zero-order chi connectivity index (χ0) is 34.5. The van der Waals surface area contributed by atoms with Gasteiger partial charge in [-0.2, -0.15) is 0 Å². The van der Waals surface area contributed by atoms with Crippen LogP contribution in [0.25, 0.3) is 22.3 Å². The number of benzene rings is 8. The molecule has 0 atom stereocenters. The average Bonchev–Trinajstić information content (AvgIpc) is 3.52. The highest BCUT2D eigenvalue weighted by atomic mass is 15.2. The SMILES string of the molecule is c1ccc(N2Cc3ccccc3-c3ccc(N(c4ccccc4)c4ccc5c(c4)C(c4ccccc4)(c4ccccc4)c4ccccc4-5)cc32)cc1. The third-order valence-corrected chi connectivity index (χ3v) is 10.9. The van der Waals surface area contributed by atoms with Crippen LogP contribution >= 0.6 is 0 Å². The van der Waals surface area contributed by atoms with E-state index >= 15 is 0 Å². The summed E-state index contributed by atoms with van der Waals surface area (Å²) < 4.78 is 0. The van der Waals surface area contributed by atoms with Gasteiger partial charge in [-0.15, -0.1) is 0 Å². The Labute approximate surface area is 305 Å². The molecule has 1 aliphatic carbocycles. The molecule has 10 rings (SSSR count). The summed E-state index contributed by atoms with van der Waals surface area (Å²) in [5.74, 6) is 0. The number of para-hydroxylation sites is 2. The topological polar surface area (TPSA) is 6.48 Å². The van der Waals surface area contributed by atoms with E-state index in [1.165, 1.54) is 61.4 Å². The fourth-order valence-electron chi connectivity index (χ4n) is 8.72. The number of fused-ring (bicyclic) bond motifs is 6. The lowest BCUT2D eigenvalue weighted by Crippen LogP contribution is -2.28. The lowest BCUT2D eigenvalue weighted by atomic mass is 9.67. The molecule has 0 saturated carbocycles. The van der Waals surface area contributed by atoms with Crippen molar-refractivity contribution in [3.8, 4) is 22.3 Å². The number of hydrogen-bond acceptors (Lipinski definition) is 2. The number of rotatable bonds is 6. The predicted octanol–water partition coefficient (Wildman–Crippen LogP) is 12.8. The Morgan fingerprint density at radius 3 is 1.60 bits per heavy atom. The third kappa shape index (κ3) is 4.65. The van der Waals surface area contributed by atoms with Crippen molar-refractivity contribution in [2.24, 2.45) is 0 Å². The van der Waals surface area contributed by atoms with Gasteiger partial charge in [0, 0.05) is 34.9 Å². The Bertz CT molecular complexity index is 2500.